The summed E-state index contributed by atoms with van der Waals surface area (Å²) < 4.78 is 4.78. The molecule has 0 spiro atoms. The first-order valence-corrected chi connectivity index (χ1v) is 8.62. The monoisotopic (exact) mass is 348 g/mol. The number of hydrogen-bond donors (Lipinski definition) is 0. The third kappa shape index (κ3) is 2.94. The molecule has 26 heavy (non-hydrogen) atoms. The van der Waals surface area contributed by atoms with E-state index in [1.165, 1.54) is 6.39 Å². The molecular weight excluding hydrogens is 328 g/mol. The molecule has 4 rings (SSSR count). The normalized spacial score (nSPS) is 16.9. The number of anilines is 2. The van der Waals surface area contributed by atoms with Crippen molar-refractivity contribution in [3.05, 3.63) is 60.5 Å². The van der Waals surface area contributed by atoms with Gasteiger partial charge in [-0.3, -0.25) is 4.79 Å². The Morgan fingerprint density at radius 1 is 1.08 bits per heavy atom. The van der Waals surface area contributed by atoms with Crippen LogP contribution in [0.25, 0.3) is 11.4 Å². The number of carbonyl (C=O) groups is 1. The van der Waals surface area contributed by atoms with E-state index in [2.05, 4.69) is 35.1 Å². The van der Waals surface area contributed by atoms with E-state index in [-0.39, 0.29) is 5.91 Å². The van der Waals surface area contributed by atoms with E-state index < -0.39 is 0 Å². The highest BCUT2D eigenvalue weighted by molar-refractivity contribution is 6.08. The van der Waals surface area contributed by atoms with Gasteiger partial charge in [-0.15, -0.1) is 0 Å². The quantitative estimate of drug-likeness (QED) is 0.710. The molecule has 2 aromatic carbocycles. The maximum absolute atomic E-state index is 13.2. The first kappa shape index (κ1) is 16.3. The van der Waals surface area contributed by atoms with Gasteiger partial charge >= 0.3 is 0 Å². The highest BCUT2D eigenvalue weighted by Gasteiger charge is 2.27. The zero-order chi connectivity index (χ0) is 18.1. The lowest BCUT2D eigenvalue weighted by molar-refractivity contribution is 0.0984. The second-order valence-electron chi connectivity index (χ2n) is 6.72. The first-order valence-electron chi connectivity index (χ1n) is 8.62. The predicted octanol–water partition coefficient (Wildman–Crippen LogP) is 3.47. The third-order valence-corrected chi connectivity index (χ3v) is 4.66. The van der Waals surface area contributed by atoms with Crippen LogP contribution in [0.15, 0.2) is 59.4 Å². The van der Waals surface area contributed by atoms with E-state index in [0.717, 1.165) is 23.5 Å². The first-order chi connectivity index (χ1) is 12.6. The minimum Gasteiger partial charge on any atom is -0.373 e. The predicted molar refractivity (Wildman–Crippen MR) is 100 cm³/mol. The molecular formula is C20H20N4O2. The van der Waals surface area contributed by atoms with Gasteiger partial charge in [0.1, 0.15) is 0 Å². The van der Waals surface area contributed by atoms with Crippen molar-refractivity contribution in [1.82, 2.24) is 10.1 Å². The third-order valence-electron chi connectivity index (χ3n) is 4.66. The Labute approximate surface area is 152 Å². The average Bonchev–Trinajstić information content (AvgIpc) is 3.16. The SMILES string of the molecule is C[C@@H]1CN(C)c2ccccc2N(C(=O)c2ccc(-c3ncon3)cc2)C1. The van der Waals surface area contributed by atoms with Crippen LogP contribution in [0.2, 0.25) is 0 Å². The molecule has 6 nitrogen and oxygen atoms in total. The van der Waals surface area contributed by atoms with Crippen molar-refractivity contribution >= 4 is 17.3 Å². The zero-order valence-electron chi connectivity index (χ0n) is 14.8. The van der Waals surface area contributed by atoms with Crippen molar-refractivity contribution in [2.24, 2.45) is 5.92 Å². The Hall–Kier alpha value is -3.15. The molecule has 0 saturated carbocycles. The van der Waals surface area contributed by atoms with Gasteiger partial charge in [0.15, 0.2) is 0 Å². The summed E-state index contributed by atoms with van der Waals surface area (Å²) in [6, 6.07) is 15.4. The van der Waals surface area contributed by atoms with E-state index in [1.54, 1.807) is 0 Å². The van der Waals surface area contributed by atoms with Crippen LogP contribution in [0.4, 0.5) is 11.4 Å². The van der Waals surface area contributed by atoms with E-state index in [0.29, 0.717) is 23.9 Å². The number of nitrogens with zero attached hydrogens (tertiary/aromatic N) is 4. The Bertz CT molecular complexity index is 906. The highest BCUT2D eigenvalue weighted by atomic mass is 16.5. The second kappa shape index (κ2) is 6.63. The summed E-state index contributed by atoms with van der Waals surface area (Å²) in [5.74, 6) is 0.883. The number of fused-ring (bicyclic) bond motifs is 1. The van der Waals surface area contributed by atoms with Crippen LogP contribution in [0.3, 0.4) is 0 Å². The van der Waals surface area contributed by atoms with Crippen LogP contribution in [-0.4, -0.2) is 36.2 Å². The number of hydrogen-bond acceptors (Lipinski definition) is 5. The lowest BCUT2D eigenvalue weighted by Gasteiger charge is -2.24. The molecule has 2 heterocycles. The van der Waals surface area contributed by atoms with Gasteiger partial charge < -0.3 is 14.3 Å². The largest absolute Gasteiger partial charge is 0.373 e. The van der Waals surface area contributed by atoms with Gasteiger partial charge in [0.2, 0.25) is 12.2 Å². The van der Waals surface area contributed by atoms with Gasteiger partial charge in [-0.05, 0) is 30.2 Å². The molecule has 0 unspecified atom stereocenters. The molecule has 6 heteroatoms. The summed E-state index contributed by atoms with van der Waals surface area (Å²) in [5, 5.41) is 3.82. The van der Waals surface area contributed by atoms with Gasteiger partial charge in [0.05, 0.1) is 11.4 Å². The second-order valence-corrected chi connectivity index (χ2v) is 6.72. The number of benzene rings is 2. The van der Waals surface area contributed by atoms with Crippen molar-refractivity contribution in [1.29, 1.82) is 0 Å². The van der Waals surface area contributed by atoms with Crippen LogP contribution in [0.5, 0.6) is 0 Å². The molecule has 0 N–H and O–H groups in total. The van der Waals surface area contributed by atoms with Crippen molar-refractivity contribution in [3.63, 3.8) is 0 Å². The smallest absolute Gasteiger partial charge is 0.258 e. The topological polar surface area (TPSA) is 62.5 Å². The average molecular weight is 348 g/mol. The summed E-state index contributed by atoms with van der Waals surface area (Å²) in [7, 11) is 2.07. The molecule has 0 saturated heterocycles. The van der Waals surface area contributed by atoms with Gasteiger partial charge in [-0.25, -0.2) is 0 Å². The van der Waals surface area contributed by atoms with Crippen LogP contribution >= 0.6 is 0 Å². The molecule has 0 radical (unpaired) electrons. The number of aromatic nitrogens is 2. The number of carbonyl (C=O) groups excluding carboxylic acids is 1. The molecule has 1 aliphatic rings. The Balaban J connectivity index is 1.67. The van der Waals surface area contributed by atoms with Crippen molar-refractivity contribution in [3.8, 4) is 11.4 Å². The van der Waals surface area contributed by atoms with Crippen molar-refractivity contribution in [2.45, 2.75) is 6.92 Å². The molecule has 0 fully saturated rings. The minimum atomic E-state index is -0.000683. The van der Waals surface area contributed by atoms with Gasteiger partial charge in [0, 0.05) is 31.3 Å². The van der Waals surface area contributed by atoms with E-state index in [9.17, 15) is 4.79 Å². The molecule has 1 atom stereocenters. The Morgan fingerprint density at radius 2 is 1.81 bits per heavy atom. The van der Waals surface area contributed by atoms with Crippen molar-refractivity contribution in [2.75, 3.05) is 29.9 Å². The summed E-state index contributed by atoms with van der Waals surface area (Å²) in [5.41, 5.74) is 3.49. The number of amides is 1. The highest BCUT2D eigenvalue weighted by Crippen LogP contribution is 2.33. The Kier molecular flexibility index (Phi) is 4.16. The molecule has 0 bridgehead atoms. The van der Waals surface area contributed by atoms with E-state index in [4.69, 9.17) is 4.52 Å². The molecule has 0 aliphatic carbocycles. The van der Waals surface area contributed by atoms with Gasteiger partial charge in [0.25, 0.3) is 5.91 Å². The summed E-state index contributed by atoms with van der Waals surface area (Å²) in [6.07, 6.45) is 1.29. The number of para-hydroxylation sites is 2. The summed E-state index contributed by atoms with van der Waals surface area (Å²) in [6.45, 7) is 3.77. The van der Waals surface area contributed by atoms with E-state index in [1.807, 2.05) is 47.4 Å². The fourth-order valence-corrected chi connectivity index (χ4v) is 3.46. The van der Waals surface area contributed by atoms with Crippen LogP contribution < -0.4 is 9.80 Å². The lowest BCUT2D eigenvalue weighted by Crippen LogP contribution is -2.34. The van der Waals surface area contributed by atoms with Gasteiger partial charge in [-0.2, -0.15) is 4.98 Å². The standard InChI is InChI=1S/C20H20N4O2/c1-14-11-23(2)17-5-3-4-6-18(17)24(12-14)20(25)16-9-7-15(8-10-16)19-21-13-26-22-19/h3-10,13-14H,11-12H2,1-2H3/t14-/m1/s1. The van der Waals surface area contributed by atoms with E-state index >= 15 is 0 Å². The summed E-state index contributed by atoms with van der Waals surface area (Å²) in [4.78, 5) is 21.4. The fourth-order valence-electron chi connectivity index (χ4n) is 3.46. The molecule has 1 aromatic heterocycles. The molecule has 1 amide bonds. The van der Waals surface area contributed by atoms with Crippen LogP contribution in [-0.2, 0) is 0 Å². The molecule has 132 valence electrons. The zero-order valence-corrected chi connectivity index (χ0v) is 14.8. The van der Waals surface area contributed by atoms with Crippen LogP contribution in [0.1, 0.15) is 17.3 Å². The lowest BCUT2D eigenvalue weighted by atomic mass is 10.1. The number of rotatable bonds is 2. The maximum Gasteiger partial charge on any atom is 0.258 e. The molecule has 3 aromatic rings. The van der Waals surface area contributed by atoms with Crippen molar-refractivity contribution < 1.29 is 9.32 Å². The molecule has 1 aliphatic heterocycles. The maximum atomic E-state index is 13.2. The Morgan fingerprint density at radius 3 is 2.50 bits per heavy atom. The minimum absolute atomic E-state index is 0.000683. The van der Waals surface area contributed by atoms with Crippen LogP contribution in [0, 0.1) is 5.92 Å². The summed E-state index contributed by atoms with van der Waals surface area (Å²) >= 11 is 0. The fraction of sp³-hybridized carbons (Fsp3) is 0.250. The van der Waals surface area contributed by atoms with Gasteiger partial charge in [-0.1, -0.05) is 36.3 Å².